The van der Waals surface area contributed by atoms with Gasteiger partial charge in [0.05, 0.1) is 6.61 Å². The van der Waals surface area contributed by atoms with Crippen molar-refractivity contribution in [1.29, 1.82) is 0 Å². The Bertz CT molecular complexity index is 536. The van der Waals surface area contributed by atoms with Gasteiger partial charge in [0.25, 0.3) is 0 Å². The molecule has 0 N–H and O–H groups in total. The lowest BCUT2D eigenvalue weighted by molar-refractivity contribution is -0.159. The van der Waals surface area contributed by atoms with Crippen LogP contribution >= 0.6 is 0 Å². The Balaban J connectivity index is 1.58. The van der Waals surface area contributed by atoms with E-state index in [0.29, 0.717) is 17.8 Å². The number of halogens is 2. The molecule has 0 atom stereocenters. The van der Waals surface area contributed by atoms with Crippen LogP contribution in [0.1, 0.15) is 44.9 Å². The third-order valence-electron chi connectivity index (χ3n) is 5.42. The molecule has 0 saturated heterocycles. The fourth-order valence-electron chi connectivity index (χ4n) is 5.01. The van der Waals surface area contributed by atoms with Crippen LogP contribution in [-0.4, -0.2) is 30.8 Å². The first-order valence-electron chi connectivity index (χ1n) is 7.57. The molecule has 4 bridgehead atoms. The number of esters is 1. The molecular weight excluding hydrogens is 318 g/mol. The number of ether oxygens (including phenoxy) is 1. The molecule has 0 aromatic rings. The molecule has 5 nitrogen and oxygen atoms in total. The molecule has 0 unspecified atom stereocenters. The predicted octanol–water partition coefficient (Wildman–Crippen LogP) is 2.27. The van der Waals surface area contributed by atoms with E-state index in [0.717, 1.165) is 19.3 Å². The van der Waals surface area contributed by atoms with Crippen molar-refractivity contribution in [2.45, 2.75) is 50.2 Å². The summed E-state index contributed by atoms with van der Waals surface area (Å²) in [5.74, 6) is 0.579. The van der Waals surface area contributed by atoms with Crippen molar-refractivity contribution in [1.82, 2.24) is 0 Å². The molecule has 4 rings (SSSR count). The summed E-state index contributed by atoms with van der Waals surface area (Å²) in [7, 11) is -5.84. The zero-order valence-corrected chi connectivity index (χ0v) is 12.9. The van der Waals surface area contributed by atoms with Crippen LogP contribution in [0.4, 0.5) is 8.78 Å². The van der Waals surface area contributed by atoms with E-state index in [4.69, 9.17) is 4.74 Å². The first kappa shape index (κ1) is 16.1. The standard InChI is InChI=1S/C14H20F2O5S/c15-14(16,22(18,19)20)7-12(17)21-8-13-4-9-1-10(5-13)3-11(2-9)6-13/h9-11H,1-8H2,(H,18,19,20)/p-1. The summed E-state index contributed by atoms with van der Waals surface area (Å²) in [4.78, 5) is 11.5. The third kappa shape index (κ3) is 2.99. The summed E-state index contributed by atoms with van der Waals surface area (Å²) in [6.45, 7) is 0.0598. The van der Waals surface area contributed by atoms with Gasteiger partial charge in [0.2, 0.25) is 0 Å². The molecule has 0 heterocycles. The van der Waals surface area contributed by atoms with Crippen molar-refractivity contribution >= 4 is 16.1 Å². The molecular formula is C14H19F2O5S-. The molecule has 0 spiro atoms. The van der Waals surface area contributed by atoms with Crippen LogP contribution in [0.25, 0.3) is 0 Å². The van der Waals surface area contributed by atoms with Crippen LogP contribution in [-0.2, 0) is 19.6 Å². The van der Waals surface area contributed by atoms with Crippen LogP contribution in [0.2, 0.25) is 0 Å². The Morgan fingerprint density at radius 3 is 2.00 bits per heavy atom. The summed E-state index contributed by atoms with van der Waals surface area (Å²) in [6.07, 6.45) is 4.76. The Morgan fingerprint density at radius 1 is 1.14 bits per heavy atom. The van der Waals surface area contributed by atoms with Gasteiger partial charge >= 0.3 is 11.2 Å². The summed E-state index contributed by atoms with van der Waals surface area (Å²) in [6, 6.07) is 0. The first-order chi connectivity index (χ1) is 10.1. The predicted molar refractivity (Wildman–Crippen MR) is 70.8 cm³/mol. The highest BCUT2D eigenvalue weighted by molar-refractivity contribution is 7.86. The van der Waals surface area contributed by atoms with Crippen LogP contribution in [0.5, 0.6) is 0 Å². The molecule has 4 saturated carbocycles. The maximum absolute atomic E-state index is 13.1. The van der Waals surface area contributed by atoms with E-state index in [1.54, 1.807) is 0 Å². The molecule has 0 radical (unpaired) electrons. The number of carbonyl (C=O) groups is 1. The van der Waals surface area contributed by atoms with Gasteiger partial charge in [-0.25, -0.2) is 8.42 Å². The van der Waals surface area contributed by atoms with Crippen molar-refractivity contribution in [2.75, 3.05) is 6.61 Å². The van der Waals surface area contributed by atoms with Crippen LogP contribution in [0, 0.1) is 23.2 Å². The minimum Gasteiger partial charge on any atom is -0.743 e. The largest absolute Gasteiger partial charge is 0.743 e. The van der Waals surface area contributed by atoms with Crippen LogP contribution < -0.4 is 0 Å². The maximum Gasteiger partial charge on any atom is 0.344 e. The smallest absolute Gasteiger partial charge is 0.344 e. The highest BCUT2D eigenvalue weighted by Gasteiger charge is 2.51. The second-order valence-electron chi connectivity index (χ2n) is 7.35. The molecule has 4 aliphatic carbocycles. The van der Waals surface area contributed by atoms with E-state index < -0.39 is 27.8 Å². The Kier molecular flexibility index (Phi) is 3.75. The monoisotopic (exact) mass is 337 g/mol. The maximum atomic E-state index is 13.1. The van der Waals surface area contributed by atoms with Crippen molar-refractivity contribution in [3.63, 3.8) is 0 Å². The average Bonchev–Trinajstić information content (AvgIpc) is 2.33. The van der Waals surface area contributed by atoms with Gasteiger partial charge in [-0.05, 0) is 56.3 Å². The Morgan fingerprint density at radius 2 is 1.59 bits per heavy atom. The van der Waals surface area contributed by atoms with Crippen molar-refractivity contribution in [3.8, 4) is 0 Å². The molecule has 4 aliphatic rings. The lowest BCUT2D eigenvalue weighted by atomic mass is 9.50. The highest BCUT2D eigenvalue weighted by Crippen LogP contribution is 2.60. The molecule has 4 fully saturated rings. The normalized spacial score (nSPS) is 37.3. The Hall–Kier alpha value is -0.760. The minimum absolute atomic E-state index is 0.0598. The average molecular weight is 337 g/mol. The SMILES string of the molecule is O=C(CC(F)(F)S(=O)(=O)[O-])OCC12CC3CC(CC(C3)C1)C2. The third-order valence-corrected chi connectivity index (χ3v) is 6.30. The van der Waals surface area contributed by atoms with Gasteiger partial charge in [0, 0.05) is 5.41 Å². The highest BCUT2D eigenvalue weighted by atomic mass is 32.2. The fourth-order valence-corrected chi connectivity index (χ4v) is 5.30. The zero-order valence-electron chi connectivity index (χ0n) is 12.1. The fraction of sp³-hybridized carbons (Fsp3) is 0.929. The van der Waals surface area contributed by atoms with E-state index >= 15 is 0 Å². The second-order valence-corrected chi connectivity index (χ2v) is 8.85. The van der Waals surface area contributed by atoms with Crippen LogP contribution in [0.15, 0.2) is 0 Å². The number of alkyl halides is 2. The van der Waals surface area contributed by atoms with Crippen molar-refractivity contribution < 1.29 is 31.3 Å². The molecule has 22 heavy (non-hydrogen) atoms. The summed E-state index contributed by atoms with van der Waals surface area (Å²) >= 11 is 0. The van der Waals surface area contributed by atoms with E-state index in [-0.39, 0.29) is 12.0 Å². The molecule has 0 aromatic carbocycles. The van der Waals surface area contributed by atoms with Gasteiger partial charge in [-0.3, -0.25) is 4.79 Å². The van der Waals surface area contributed by atoms with E-state index in [1.807, 2.05) is 0 Å². The van der Waals surface area contributed by atoms with Gasteiger partial charge in [-0.1, -0.05) is 0 Å². The molecule has 126 valence electrons. The van der Waals surface area contributed by atoms with Crippen molar-refractivity contribution in [3.05, 3.63) is 0 Å². The van der Waals surface area contributed by atoms with Crippen molar-refractivity contribution in [2.24, 2.45) is 23.2 Å². The molecule has 0 aromatic heterocycles. The summed E-state index contributed by atoms with van der Waals surface area (Å²) in [5.41, 5.74) is -0.129. The lowest BCUT2D eigenvalue weighted by Crippen LogP contribution is -2.48. The zero-order chi connectivity index (χ0) is 16.2. The number of hydrogen-bond donors (Lipinski definition) is 0. The molecule has 0 amide bonds. The van der Waals surface area contributed by atoms with Gasteiger partial charge in [0.15, 0.2) is 10.1 Å². The minimum atomic E-state index is -5.84. The molecule has 8 heteroatoms. The lowest BCUT2D eigenvalue weighted by Gasteiger charge is -2.56. The van der Waals surface area contributed by atoms with Crippen LogP contribution in [0.3, 0.4) is 0 Å². The number of hydrogen-bond acceptors (Lipinski definition) is 5. The molecule has 0 aliphatic heterocycles. The van der Waals surface area contributed by atoms with Gasteiger partial charge in [-0.2, -0.15) is 8.78 Å². The summed E-state index contributed by atoms with van der Waals surface area (Å²) in [5, 5.41) is -4.61. The van der Waals surface area contributed by atoms with Gasteiger partial charge < -0.3 is 9.29 Å². The van der Waals surface area contributed by atoms with E-state index in [9.17, 15) is 26.5 Å². The first-order valence-corrected chi connectivity index (χ1v) is 8.98. The Labute approximate surface area is 128 Å². The topological polar surface area (TPSA) is 83.5 Å². The second kappa shape index (κ2) is 5.12. The summed E-state index contributed by atoms with van der Waals surface area (Å²) < 4.78 is 62.3. The quantitative estimate of drug-likeness (QED) is 0.568. The van der Waals surface area contributed by atoms with Gasteiger partial charge in [0.1, 0.15) is 6.42 Å². The number of rotatable bonds is 5. The number of carbonyl (C=O) groups excluding carboxylic acids is 1. The van der Waals surface area contributed by atoms with E-state index in [1.165, 1.54) is 19.3 Å². The van der Waals surface area contributed by atoms with E-state index in [2.05, 4.69) is 0 Å². The van der Waals surface area contributed by atoms with Gasteiger partial charge in [-0.15, -0.1) is 0 Å².